The van der Waals surface area contributed by atoms with Crippen LogP contribution in [-0.4, -0.2) is 68.4 Å². The maximum absolute atomic E-state index is 12.2. The molecule has 2 aliphatic heterocycles. The summed E-state index contributed by atoms with van der Waals surface area (Å²) >= 11 is 0. The van der Waals surface area contributed by atoms with Gasteiger partial charge in [0.05, 0.1) is 23.0 Å². The molecule has 22 heavy (non-hydrogen) atoms. The number of amides is 1. The average molecular weight is 327 g/mol. The number of hydrogen-bond acceptors (Lipinski definition) is 5. The smallest absolute Gasteiger partial charge is 0.223 e. The summed E-state index contributed by atoms with van der Waals surface area (Å²) in [6.45, 7) is 3.82. The summed E-state index contributed by atoms with van der Waals surface area (Å²) in [5, 5.41) is 9.11. The van der Waals surface area contributed by atoms with E-state index >= 15 is 0 Å². The summed E-state index contributed by atoms with van der Waals surface area (Å²) in [4.78, 5) is 16.1. The molecule has 124 valence electrons. The fourth-order valence-electron chi connectivity index (χ4n) is 3.10. The highest BCUT2D eigenvalue weighted by atomic mass is 32.2. The molecule has 0 bridgehead atoms. The van der Waals surface area contributed by atoms with Crippen molar-refractivity contribution in [3.05, 3.63) is 0 Å². The van der Waals surface area contributed by atoms with Crippen LogP contribution in [0.2, 0.25) is 0 Å². The molecule has 2 heterocycles. The Morgan fingerprint density at radius 2 is 2.05 bits per heavy atom. The lowest BCUT2D eigenvalue weighted by Crippen LogP contribution is -2.43. The SMILES string of the molecule is CN(CCC(=O)N1CCC(C)(C#N)CC1)[C@H]1CCS(=O)(=O)C1. The van der Waals surface area contributed by atoms with Gasteiger partial charge in [-0.25, -0.2) is 8.42 Å². The number of sulfone groups is 1. The van der Waals surface area contributed by atoms with Gasteiger partial charge in [-0.15, -0.1) is 0 Å². The van der Waals surface area contributed by atoms with Crippen molar-refractivity contribution in [2.75, 3.05) is 38.2 Å². The Labute approximate surface area is 133 Å². The Hall–Kier alpha value is -1.13. The van der Waals surface area contributed by atoms with E-state index in [1.54, 1.807) is 0 Å². The summed E-state index contributed by atoms with van der Waals surface area (Å²) in [6, 6.07) is 2.37. The molecule has 2 aliphatic rings. The van der Waals surface area contributed by atoms with Crippen molar-refractivity contribution < 1.29 is 13.2 Å². The molecule has 0 aromatic rings. The van der Waals surface area contributed by atoms with Crippen LogP contribution in [0.15, 0.2) is 0 Å². The number of nitriles is 1. The summed E-state index contributed by atoms with van der Waals surface area (Å²) in [5.41, 5.74) is -0.300. The van der Waals surface area contributed by atoms with E-state index in [1.807, 2.05) is 23.8 Å². The second-order valence-corrected chi connectivity index (χ2v) is 9.07. The number of rotatable bonds is 4. The number of carbonyl (C=O) groups excluding carboxylic acids is 1. The van der Waals surface area contributed by atoms with Crippen molar-refractivity contribution in [3.63, 3.8) is 0 Å². The third-order valence-corrected chi connectivity index (χ3v) is 6.75. The molecule has 7 heteroatoms. The molecular weight excluding hydrogens is 302 g/mol. The van der Waals surface area contributed by atoms with Crippen molar-refractivity contribution >= 4 is 15.7 Å². The van der Waals surface area contributed by atoms with Crippen LogP contribution in [0.5, 0.6) is 0 Å². The number of hydrogen-bond donors (Lipinski definition) is 0. The Kier molecular flexibility index (Phi) is 5.13. The summed E-state index contributed by atoms with van der Waals surface area (Å²) < 4.78 is 23.0. The fraction of sp³-hybridized carbons (Fsp3) is 0.867. The standard InChI is InChI=1S/C15H25N3O3S/c1-15(12-16)5-8-18(9-6-15)14(19)3-7-17(2)13-4-10-22(20,21)11-13/h13H,3-11H2,1-2H3/t13-/m0/s1. The van der Waals surface area contributed by atoms with Crippen LogP contribution in [0, 0.1) is 16.7 Å². The first-order chi connectivity index (χ1) is 10.2. The van der Waals surface area contributed by atoms with Crippen molar-refractivity contribution in [2.45, 2.75) is 38.6 Å². The minimum Gasteiger partial charge on any atom is -0.343 e. The second kappa shape index (κ2) is 6.55. The zero-order valence-corrected chi connectivity index (χ0v) is 14.2. The minimum atomic E-state index is -2.88. The van der Waals surface area contributed by atoms with Crippen LogP contribution in [-0.2, 0) is 14.6 Å². The number of piperidine rings is 1. The van der Waals surface area contributed by atoms with E-state index in [-0.39, 0.29) is 28.9 Å². The van der Waals surface area contributed by atoms with Crippen molar-refractivity contribution in [1.82, 2.24) is 9.80 Å². The highest BCUT2D eigenvalue weighted by Crippen LogP contribution is 2.30. The second-order valence-electron chi connectivity index (χ2n) is 6.84. The van der Waals surface area contributed by atoms with Crippen LogP contribution in [0.4, 0.5) is 0 Å². The van der Waals surface area contributed by atoms with Gasteiger partial charge in [-0.3, -0.25) is 4.79 Å². The quantitative estimate of drug-likeness (QED) is 0.757. The molecule has 0 aliphatic carbocycles. The molecule has 2 saturated heterocycles. The van der Waals surface area contributed by atoms with Crippen LogP contribution < -0.4 is 0 Å². The van der Waals surface area contributed by atoms with Gasteiger partial charge in [0.15, 0.2) is 9.84 Å². The van der Waals surface area contributed by atoms with Gasteiger partial charge in [-0.2, -0.15) is 5.26 Å². The van der Waals surface area contributed by atoms with Crippen LogP contribution in [0.1, 0.15) is 32.6 Å². The van der Waals surface area contributed by atoms with Crippen molar-refractivity contribution in [3.8, 4) is 6.07 Å². The van der Waals surface area contributed by atoms with Crippen molar-refractivity contribution in [1.29, 1.82) is 5.26 Å². The summed E-state index contributed by atoms with van der Waals surface area (Å²) in [7, 11) is -0.992. The van der Waals surface area contributed by atoms with Gasteiger partial charge in [-0.05, 0) is 33.2 Å². The molecule has 1 atom stereocenters. The normalized spacial score (nSPS) is 26.8. The maximum Gasteiger partial charge on any atom is 0.223 e. The predicted molar refractivity (Wildman–Crippen MR) is 83.8 cm³/mol. The monoisotopic (exact) mass is 327 g/mol. The first-order valence-electron chi connectivity index (χ1n) is 7.84. The molecule has 0 unspecified atom stereocenters. The molecule has 0 saturated carbocycles. The first kappa shape index (κ1) is 17.2. The van der Waals surface area contributed by atoms with Crippen LogP contribution >= 0.6 is 0 Å². The minimum absolute atomic E-state index is 0.0426. The van der Waals surface area contributed by atoms with Gasteiger partial charge in [0.25, 0.3) is 0 Å². The number of nitrogens with zero attached hydrogens (tertiary/aromatic N) is 3. The Morgan fingerprint density at radius 1 is 1.41 bits per heavy atom. The zero-order chi connectivity index (χ0) is 16.4. The van der Waals surface area contributed by atoms with Gasteiger partial charge < -0.3 is 9.80 Å². The molecule has 6 nitrogen and oxygen atoms in total. The van der Waals surface area contributed by atoms with E-state index < -0.39 is 9.84 Å². The highest BCUT2D eigenvalue weighted by Gasteiger charge is 2.33. The van der Waals surface area contributed by atoms with E-state index in [9.17, 15) is 13.2 Å². The largest absolute Gasteiger partial charge is 0.343 e. The maximum atomic E-state index is 12.2. The van der Waals surface area contributed by atoms with Gasteiger partial charge in [0, 0.05) is 32.1 Å². The van der Waals surface area contributed by atoms with Gasteiger partial charge in [-0.1, -0.05) is 0 Å². The Balaban J connectivity index is 1.76. The third kappa shape index (κ3) is 4.20. The molecule has 1 amide bonds. The predicted octanol–water partition coefficient (Wildman–Crippen LogP) is 0.648. The van der Waals surface area contributed by atoms with Crippen LogP contribution in [0.3, 0.4) is 0 Å². The highest BCUT2D eigenvalue weighted by molar-refractivity contribution is 7.91. The van der Waals surface area contributed by atoms with Crippen LogP contribution in [0.25, 0.3) is 0 Å². The molecule has 0 aromatic carbocycles. The summed E-state index contributed by atoms with van der Waals surface area (Å²) in [5.74, 6) is 0.573. The van der Waals surface area contributed by atoms with E-state index in [4.69, 9.17) is 5.26 Å². The van der Waals surface area contributed by atoms with E-state index in [2.05, 4.69) is 6.07 Å². The molecule has 0 N–H and O–H groups in total. The first-order valence-corrected chi connectivity index (χ1v) is 9.66. The molecule has 0 spiro atoms. The lowest BCUT2D eigenvalue weighted by atomic mass is 9.82. The average Bonchev–Trinajstić information content (AvgIpc) is 2.85. The molecule has 2 fully saturated rings. The third-order valence-electron chi connectivity index (χ3n) is 5.00. The lowest BCUT2D eigenvalue weighted by molar-refractivity contribution is -0.133. The molecule has 0 aromatic heterocycles. The van der Waals surface area contributed by atoms with E-state index in [0.29, 0.717) is 32.5 Å². The van der Waals surface area contributed by atoms with E-state index in [0.717, 1.165) is 12.8 Å². The van der Waals surface area contributed by atoms with Crippen molar-refractivity contribution in [2.24, 2.45) is 5.41 Å². The van der Waals surface area contributed by atoms with Gasteiger partial charge in [0.1, 0.15) is 0 Å². The Morgan fingerprint density at radius 3 is 2.55 bits per heavy atom. The van der Waals surface area contributed by atoms with Gasteiger partial charge >= 0.3 is 0 Å². The topological polar surface area (TPSA) is 81.5 Å². The zero-order valence-electron chi connectivity index (χ0n) is 13.4. The van der Waals surface area contributed by atoms with E-state index in [1.165, 1.54) is 0 Å². The fourth-order valence-corrected chi connectivity index (χ4v) is 4.90. The molecule has 2 rings (SSSR count). The number of likely N-dealkylation sites (tertiary alicyclic amines) is 1. The molecular formula is C15H25N3O3S. The Bertz CT molecular complexity index is 559. The molecule has 0 radical (unpaired) electrons. The summed E-state index contributed by atoms with van der Waals surface area (Å²) in [6.07, 6.45) is 2.53. The van der Waals surface area contributed by atoms with Gasteiger partial charge in [0.2, 0.25) is 5.91 Å². The number of carbonyl (C=O) groups is 1. The lowest BCUT2D eigenvalue weighted by Gasteiger charge is -2.35.